The van der Waals surface area contributed by atoms with E-state index in [4.69, 9.17) is 14.2 Å². The van der Waals surface area contributed by atoms with E-state index in [1.807, 2.05) is 0 Å². The van der Waals surface area contributed by atoms with Crippen LogP contribution in [0.25, 0.3) is 0 Å². The lowest BCUT2D eigenvalue weighted by molar-refractivity contribution is -0.216. The molecule has 5 nitrogen and oxygen atoms in total. The summed E-state index contributed by atoms with van der Waals surface area (Å²) in [4.78, 5) is 22.6. The van der Waals surface area contributed by atoms with Crippen LogP contribution in [0, 0.1) is 5.82 Å². The number of carbonyl (C=O) groups is 2. The predicted molar refractivity (Wildman–Crippen MR) is 70.9 cm³/mol. The maximum absolute atomic E-state index is 14.0. The molecule has 2 unspecified atom stereocenters. The highest BCUT2D eigenvalue weighted by molar-refractivity contribution is 5.67. The van der Waals surface area contributed by atoms with Crippen molar-refractivity contribution in [2.45, 2.75) is 45.5 Å². The number of ether oxygens (including phenoxy) is 3. The molecule has 1 aliphatic heterocycles. The van der Waals surface area contributed by atoms with Crippen molar-refractivity contribution in [3.63, 3.8) is 0 Å². The minimum Gasteiger partial charge on any atom is -0.457 e. The van der Waals surface area contributed by atoms with Crippen molar-refractivity contribution in [2.75, 3.05) is 0 Å². The number of rotatable bonds is 3. The second-order valence-corrected chi connectivity index (χ2v) is 4.92. The van der Waals surface area contributed by atoms with Gasteiger partial charge in [0.15, 0.2) is 11.6 Å². The Bertz CT molecular complexity index is 571. The summed E-state index contributed by atoms with van der Waals surface area (Å²) in [5, 5.41) is 0. The number of hydrogen-bond acceptors (Lipinski definition) is 5. The summed E-state index contributed by atoms with van der Waals surface area (Å²) in [5.41, 5.74) is 0.432. The summed E-state index contributed by atoms with van der Waals surface area (Å²) in [6.07, 6.45) is -0.293. The van der Waals surface area contributed by atoms with E-state index in [1.165, 1.54) is 26.0 Å². The van der Waals surface area contributed by atoms with Gasteiger partial charge in [0.25, 0.3) is 5.79 Å². The van der Waals surface area contributed by atoms with Gasteiger partial charge in [-0.25, -0.2) is 4.39 Å². The molecule has 0 aromatic heterocycles. The summed E-state index contributed by atoms with van der Waals surface area (Å²) in [6, 6.07) is 4.38. The van der Waals surface area contributed by atoms with E-state index in [-0.39, 0.29) is 12.2 Å². The summed E-state index contributed by atoms with van der Waals surface area (Å²) >= 11 is 0. The van der Waals surface area contributed by atoms with Crippen molar-refractivity contribution in [2.24, 2.45) is 0 Å². The van der Waals surface area contributed by atoms with Gasteiger partial charge in [-0.05, 0) is 6.07 Å². The monoisotopic (exact) mass is 296 g/mol. The summed E-state index contributed by atoms with van der Waals surface area (Å²) in [5.74, 6) is -3.00. The Balaban J connectivity index is 2.46. The fraction of sp³-hybridized carbons (Fsp3) is 0.467. The number of fused-ring (bicyclic) bond motifs is 1. The third-order valence-corrected chi connectivity index (χ3v) is 3.31. The van der Waals surface area contributed by atoms with Gasteiger partial charge >= 0.3 is 11.9 Å². The van der Waals surface area contributed by atoms with Crippen molar-refractivity contribution in [1.29, 1.82) is 0 Å². The number of hydrogen-bond donors (Lipinski definition) is 0. The Hall–Kier alpha value is -2.11. The van der Waals surface area contributed by atoms with Crippen LogP contribution in [0.3, 0.4) is 0 Å². The van der Waals surface area contributed by atoms with E-state index in [0.29, 0.717) is 12.0 Å². The molecule has 0 N–H and O–H groups in total. The van der Waals surface area contributed by atoms with Crippen molar-refractivity contribution < 1.29 is 28.2 Å². The first-order valence-corrected chi connectivity index (χ1v) is 6.71. The Kier molecular flexibility index (Phi) is 4.16. The topological polar surface area (TPSA) is 61.8 Å². The zero-order valence-corrected chi connectivity index (χ0v) is 12.1. The van der Waals surface area contributed by atoms with Crippen molar-refractivity contribution in [1.82, 2.24) is 0 Å². The van der Waals surface area contributed by atoms with Gasteiger partial charge in [0.1, 0.15) is 6.10 Å². The van der Waals surface area contributed by atoms with Crippen LogP contribution in [0.1, 0.15) is 45.3 Å². The Labute approximate surface area is 122 Å². The fourth-order valence-corrected chi connectivity index (χ4v) is 2.43. The van der Waals surface area contributed by atoms with Crippen molar-refractivity contribution in [3.8, 4) is 5.75 Å². The SMILES string of the molecule is CCC1(OC(C)=O)CC(OC(C)=O)c2cccc(F)c2O1. The second-order valence-electron chi connectivity index (χ2n) is 4.92. The molecule has 0 amide bonds. The van der Waals surface area contributed by atoms with Crippen molar-refractivity contribution >= 4 is 11.9 Å². The first-order chi connectivity index (χ1) is 9.87. The molecule has 6 heteroatoms. The van der Waals surface area contributed by atoms with Crippen LogP contribution in [0.5, 0.6) is 5.75 Å². The predicted octanol–water partition coefficient (Wildman–Crippen LogP) is 2.88. The Morgan fingerprint density at radius 2 is 2.10 bits per heavy atom. The number of halogens is 1. The molecule has 114 valence electrons. The summed E-state index contributed by atoms with van der Waals surface area (Å²) < 4.78 is 30.1. The third-order valence-electron chi connectivity index (χ3n) is 3.31. The zero-order valence-electron chi connectivity index (χ0n) is 12.1. The van der Waals surface area contributed by atoms with Gasteiger partial charge in [-0.1, -0.05) is 19.1 Å². The quantitative estimate of drug-likeness (QED) is 0.803. The molecule has 0 fully saturated rings. The molecule has 1 aromatic rings. The van der Waals surface area contributed by atoms with Crippen LogP contribution < -0.4 is 4.74 Å². The Morgan fingerprint density at radius 1 is 1.38 bits per heavy atom. The molecule has 21 heavy (non-hydrogen) atoms. The maximum Gasteiger partial charge on any atom is 0.305 e. The summed E-state index contributed by atoms with van der Waals surface area (Å²) in [6.45, 7) is 4.27. The molecular formula is C15H17FO5. The number of carbonyl (C=O) groups excluding carboxylic acids is 2. The van der Waals surface area contributed by atoms with Crippen LogP contribution in [-0.2, 0) is 19.1 Å². The van der Waals surface area contributed by atoms with Gasteiger partial charge in [0.2, 0.25) is 0 Å². The first-order valence-electron chi connectivity index (χ1n) is 6.71. The number of benzene rings is 1. The standard InChI is InChI=1S/C15H17FO5/c1-4-15(20-10(3)18)8-13(19-9(2)17)11-6-5-7-12(16)14(11)21-15/h5-7,13H,4,8H2,1-3H3. The maximum atomic E-state index is 14.0. The highest BCUT2D eigenvalue weighted by atomic mass is 19.1. The van der Waals surface area contributed by atoms with Gasteiger partial charge in [-0.2, -0.15) is 0 Å². The van der Waals surface area contributed by atoms with E-state index in [1.54, 1.807) is 13.0 Å². The highest BCUT2D eigenvalue weighted by Crippen LogP contribution is 2.44. The van der Waals surface area contributed by atoms with Crippen LogP contribution in [0.2, 0.25) is 0 Å². The van der Waals surface area contributed by atoms with E-state index in [2.05, 4.69) is 0 Å². The molecule has 1 heterocycles. The molecule has 0 spiro atoms. The zero-order chi connectivity index (χ0) is 15.6. The van der Waals surface area contributed by atoms with Gasteiger partial charge in [-0.3, -0.25) is 9.59 Å². The van der Waals surface area contributed by atoms with Crippen LogP contribution in [-0.4, -0.2) is 17.7 Å². The van der Waals surface area contributed by atoms with Gasteiger partial charge in [0, 0.05) is 25.8 Å². The number of para-hydroxylation sites is 1. The lowest BCUT2D eigenvalue weighted by Gasteiger charge is -2.40. The minimum absolute atomic E-state index is 0.0434. The fourth-order valence-electron chi connectivity index (χ4n) is 2.43. The van der Waals surface area contributed by atoms with Crippen LogP contribution in [0.15, 0.2) is 18.2 Å². The van der Waals surface area contributed by atoms with Gasteiger partial charge in [-0.15, -0.1) is 0 Å². The highest BCUT2D eigenvalue weighted by Gasteiger charge is 2.45. The second kappa shape index (κ2) is 5.71. The lowest BCUT2D eigenvalue weighted by Crippen LogP contribution is -2.45. The molecule has 0 radical (unpaired) electrons. The van der Waals surface area contributed by atoms with E-state index >= 15 is 0 Å². The van der Waals surface area contributed by atoms with Gasteiger partial charge < -0.3 is 14.2 Å². The van der Waals surface area contributed by atoms with E-state index in [9.17, 15) is 14.0 Å². The largest absolute Gasteiger partial charge is 0.457 e. The molecule has 0 saturated carbocycles. The van der Waals surface area contributed by atoms with E-state index in [0.717, 1.165) is 0 Å². The lowest BCUT2D eigenvalue weighted by atomic mass is 9.94. The molecule has 1 aliphatic rings. The molecule has 2 atom stereocenters. The molecule has 0 saturated heterocycles. The third kappa shape index (κ3) is 3.15. The molecule has 1 aromatic carbocycles. The first kappa shape index (κ1) is 15.3. The molecule has 0 bridgehead atoms. The van der Waals surface area contributed by atoms with Crippen LogP contribution in [0.4, 0.5) is 4.39 Å². The summed E-state index contributed by atoms with van der Waals surface area (Å²) in [7, 11) is 0. The van der Waals surface area contributed by atoms with Crippen molar-refractivity contribution in [3.05, 3.63) is 29.6 Å². The average molecular weight is 296 g/mol. The normalized spacial score (nSPS) is 23.7. The molecule has 0 aliphatic carbocycles. The minimum atomic E-state index is -1.33. The Morgan fingerprint density at radius 3 is 2.67 bits per heavy atom. The van der Waals surface area contributed by atoms with Crippen LogP contribution >= 0.6 is 0 Å². The number of esters is 2. The van der Waals surface area contributed by atoms with Gasteiger partial charge in [0.05, 0.1) is 6.42 Å². The molecular weight excluding hydrogens is 279 g/mol. The molecule has 2 rings (SSSR count). The smallest absolute Gasteiger partial charge is 0.305 e. The average Bonchev–Trinajstić information content (AvgIpc) is 2.39. The van der Waals surface area contributed by atoms with E-state index < -0.39 is 29.6 Å².